The quantitative estimate of drug-likeness (QED) is 0.708. The molecule has 2 N–H and O–H groups in total. The highest BCUT2D eigenvalue weighted by atomic mass is 32.2. The van der Waals surface area contributed by atoms with Crippen LogP contribution in [-0.2, 0) is 19.6 Å². The molecule has 0 fully saturated rings. The number of rotatable bonds is 7. The molecule has 2 aromatic rings. The third-order valence-corrected chi connectivity index (χ3v) is 5.30. The Morgan fingerprint density at radius 3 is 2.11 bits per heavy atom. The van der Waals surface area contributed by atoms with Gasteiger partial charge < -0.3 is 10.1 Å². The predicted molar refractivity (Wildman–Crippen MR) is 104 cm³/mol. The molecular formula is C19H22N2O5S. The average molecular weight is 390 g/mol. The molecule has 8 heteroatoms. The topological polar surface area (TPSA) is 102 Å². The van der Waals surface area contributed by atoms with E-state index < -0.39 is 27.8 Å². The molecule has 0 spiro atoms. The fraction of sp³-hybridized carbons (Fsp3) is 0.263. The molecule has 0 heterocycles. The first kappa shape index (κ1) is 20.4. The molecule has 7 nitrogen and oxygen atoms in total. The van der Waals surface area contributed by atoms with E-state index in [-0.39, 0.29) is 5.75 Å². The van der Waals surface area contributed by atoms with Crippen LogP contribution in [-0.4, -0.2) is 33.2 Å². The third kappa shape index (κ3) is 6.10. The molecule has 0 saturated heterocycles. The van der Waals surface area contributed by atoms with Crippen LogP contribution in [0.3, 0.4) is 0 Å². The molecule has 1 atom stereocenters. The van der Waals surface area contributed by atoms with Crippen LogP contribution >= 0.6 is 0 Å². The van der Waals surface area contributed by atoms with E-state index in [1.165, 1.54) is 26.2 Å². The van der Waals surface area contributed by atoms with Crippen molar-refractivity contribution in [3.05, 3.63) is 59.7 Å². The van der Waals surface area contributed by atoms with Gasteiger partial charge in [-0.15, -0.1) is 0 Å². The number of methoxy groups -OCH3 is 1. The zero-order chi connectivity index (χ0) is 20.0. The number of ether oxygens (including phenoxy) is 1. The Labute approximate surface area is 158 Å². The van der Waals surface area contributed by atoms with Crippen LogP contribution < -0.4 is 10.0 Å². The van der Waals surface area contributed by atoms with Crippen LogP contribution in [0.1, 0.15) is 22.8 Å². The van der Waals surface area contributed by atoms with E-state index in [0.717, 1.165) is 5.56 Å². The number of benzene rings is 2. The van der Waals surface area contributed by atoms with Gasteiger partial charge in [0.05, 0.1) is 24.3 Å². The molecule has 27 heavy (non-hydrogen) atoms. The number of esters is 1. The van der Waals surface area contributed by atoms with Crippen molar-refractivity contribution < 1.29 is 22.7 Å². The molecular weight excluding hydrogens is 368 g/mol. The van der Waals surface area contributed by atoms with E-state index in [1.807, 2.05) is 6.92 Å². The molecule has 2 rings (SSSR count). The molecule has 0 aliphatic carbocycles. The summed E-state index contributed by atoms with van der Waals surface area (Å²) in [5.41, 5.74) is 2.28. The molecule has 0 saturated carbocycles. The van der Waals surface area contributed by atoms with Crippen molar-refractivity contribution in [2.24, 2.45) is 5.92 Å². The fourth-order valence-electron chi connectivity index (χ4n) is 2.32. The maximum absolute atomic E-state index is 12.3. The van der Waals surface area contributed by atoms with Crippen LogP contribution in [0, 0.1) is 12.8 Å². The zero-order valence-corrected chi connectivity index (χ0v) is 16.2. The molecule has 0 aliphatic heterocycles. The number of carbonyl (C=O) groups excluding carboxylic acids is 2. The van der Waals surface area contributed by atoms with Gasteiger partial charge >= 0.3 is 5.97 Å². The minimum Gasteiger partial charge on any atom is -0.465 e. The smallest absolute Gasteiger partial charge is 0.337 e. The normalized spacial score (nSPS) is 12.1. The first-order valence-electron chi connectivity index (χ1n) is 8.26. The van der Waals surface area contributed by atoms with Crippen LogP contribution in [0.15, 0.2) is 48.5 Å². The summed E-state index contributed by atoms with van der Waals surface area (Å²) in [6, 6.07) is 13.1. The first-order valence-corrected chi connectivity index (χ1v) is 9.92. The van der Waals surface area contributed by atoms with Crippen LogP contribution in [0.25, 0.3) is 0 Å². The minimum atomic E-state index is -3.68. The summed E-state index contributed by atoms with van der Waals surface area (Å²) in [5.74, 6) is -2.04. The highest BCUT2D eigenvalue weighted by Gasteiger charge is 2.22. The van der Waals surface area contributed by atoms with Gasteiger partial charge in [-0.05, 0) is 43.3 Å². The summed E-state index contributed by atoms with van der Waals surface area (Å²) in [6.45, 7) is 3.44. The van der Waals surface area contributed by atoms with E-state index in [4.69, 9.17) is 0 Å². The van der Waals surface area contributed by atoms with Crippen molar-refractivity contribution in [1.29, 1.82) is 0 Å². The molecule has 144 valence electrons. The lowest BCUT2D eigenvalue weighted by Gasteiger charge is -2.14. The number of hydrogen-bond donors (Lipinski definition) is 2. The lowest BCUT2D eigenvalue weighted by molar-refractivity contribution is -0.118. The van der Waals surface area contributed by atoms with E-state index in [1.54, 1.807) is 36.4 Å². The van der Waals surface area contributed by atoms with Gasteiger partial charge in [0, 0.05) is 11.4 Å². The van der Waals surface area contributed by atoms with Gasteiger partial charge in [-0.25, -0.2) is 13.2 Å². The summed E-state index contributed by atoms with van der Waals surface area (Å²) in [4.78, 5) is 23.7. The highest BCUT2D eigenvalue weighted by molar-refractivity contribution is 7.92. The SMILES string of the molecule is COC(=O)c1ccc(NC(=O)C(C)CS(=O)(=O)Nc2ccc(C)cc2)cc1. The van der Waals surface area contributed by atoms with E-state index in [2.05, 4.69) is 14.8 Å². The summed E-state index contributed by atoms with van der Waals surface area (Å²) in [7, 11) is -2.39. The second-order valence-electron chi connectivity index (χ2n) is 6.21. The molecule has 1 unspecified atom stereocenters. The van der Waals surface area contributed by atoms with Crippen LogP contribution in [0.5, 0.6) is 0 Å². The Morgan fingerprint density at radius 1 is 1.00 bits per heavy atom. The molecule has 1 amide bonds. The van der Waals surface area contributed by atoms with Gasteiger partial charge in [-0.3, -0.25) is 9.52 Å². The van der Waals surface area contributed by atoms with Crippen molar-refractivity contribution in [3.8, 4) is 0 Å². The van der Waals surface area contributed by atoms with Gasteiger partial charge in [0.15, 0.2) is 0 Å². The fourth-order valence-corrected chi connectivity index (χ4v) is 3.71. The summed E-state index contributed by atoms with van der Waals surface area (Å²) in [5, 5.41) is 2.64. The van der Waals surface area contributed by atoms with Crippen molar-refractivity contribution in [1.82, 2.24) is 0 Å². The largest absolute Gasteiger partial charge is 0.465 e. The molecule has 0 aromatic heterocycles. The summed E-state index contributed by atoms with van der Waals surface area (Å²) < 4.78 is 31.6. The number of aryl methyl sites for hydroxylation is 1. The number of nitrogens with one attached hydrogen (secondary N) is 2. The average Bonchev–Trinajstić information content (AvgIpc) is 2.63. The second kappa shape index (κ2) is 8.68. The summed E-state index contributed by atoms with van der Waals surface area (Å²) >= 11 is 0. The second-order valence-corrected chi connectivity index (χ2v) is 7.98. The Bertz CT molecular complexity index is 906. The molecule has 2 aromatic carbocycles. The third-order valence-electron chi connectivity index (χ3n) is 3.82. The maximum Gasteiger partial charge on any atom is 0.337 e. The van der Waals surface area contributed by atoms with Gasteiger partial charge in [0.1, 0.15) is 0 Å². The zero-order valence-electron chi connectivity index (χ0n) is 15.4. The molecule has 0 aliphatic rings. The van der Waals surface area contributed by atoms with Crippen molar-refractivity contribution >= 4 is 33.3 Å². The Kier molecular flexibility index (Phi) is 6.57. The van der Waals surface area contributed by atoms with E-state index >= 15 is 0 Å². The number of hydrogen-bond acceptors (Lipinski definition) is 5. The molecule has 0 bridgehead atoms. The summed E-state index contributed by atoms with van der Waals surface area (Å²) in [6.07, 6.45) is 0. The highest BCUT2D eigenvalue weighted by Crippen LogP contribution is 2.15. The van der Waals surface area contributed by atoms with Crippen molar-refractivity contribution in [2.75, 3.05) is 22.9 Å². The van der Waals surface area contributed by atoms with Gasteiger partial charge in [-0.2, -0.15) is 0 Å². The van der Waals surface area contributed by atoms with Gasteiger partial charge in [0.25, 0.3) is 0 Å². The standard InChI is InChI=1S/C19H22N2O5S/c1-13-4-8-17(9-5-13)21-27(24,25)12-14(2)18(22)20-16-10-6-15(7-11-16)19(23)26-3/h4-11,14,21H,12H2,1-3H3,(H,20,22). The predicted octanol–water partition coefficient (Wildman–Crippen LogP) is 2.80. The number of sulfonamides is 1. The van der Waals surface area contributed by atoms with E-state index in [9.17, 15) is 18.0 Å². The monoisotopic (exact) mass is 390 g/mol. The lowest BCUT2D eigenvalue weighted by Crippen LogP contribution is -2.29. The van der Waals surface area contributed by atoms with Gasteiger partial charge in [-0.1, -0.05) is 24.6 Å². The Hall–Kier alpha value is -2.87. The number of amides is 1. The minimum absolute atomic E-state index is 0.354. The van der Waals surface area contributed by atoms with E-state index in [0.29, 0.717) is 16.9 Å². The van der Waals surface area contributed by atoms with Crippen molar-refractivity contribution in [3.63, 3.8) is 0 Å². The number of carbonyl (C=O) groups is 2. The van der Waals surface area contributed by atoms with Crippen LogP contribution in [0.4, 0.5) is 11.4 Å². The Morgan fingerprint density at radius 2 is 1.56 bits per heavy atom. The van der Waals surface area contributed by atoms with Gasteiger partial charge in [0.2, 0.25) is 15.9 Å². The van der Waals surface area contributed by atoms with Crippen LogP contribution in [0.2, 0.25) is 0 Å². The molecule has 0 radical (unpaired) electrons. The Balaban J connectivity index is 1.96. The first-order chi connectivity index (χ1) is 12.7. The van der Waals surface area contributed by atoms with Crippen molar-refractivity contribution in [2.45, 2.75) is 13.8 Å². The maximum atomic E-state index is 12.3. The lowest BCUT2D eigenvalue weighted by atomic mass is 10.1. The number of anilines is 2.